The summed E-state index contributed by atoms with van der Waals surface area (Å²) in [6.45, 7) is 1.71. The van der Waals surface area contributed by atoms with Gasteiger partial charge in [-0.1, -0.05) is 30.0 Å². The Labute approximate surface area is 103 Å². The third kappa shape index (κ3) is 3.60. The molecule has 2 aromatic rings. The lowest BCUT2D eigenvalue weighted by molar-refractivity contribution is -0.113. The molecule has 0 saturated carbocycles. The van der Waals surface area contributed by atoms with Gasteiger partial charge in [0, 0.05) is 12.6 Å². The molecule has 0 fully saturated rings. The third-order valence-corrected chi connectivity index (χ3v) is 2.71. The number of carbonyl (C=O) groups is 1. The second kappa shape index (κ2) is 5.49. The lowest BCUT2D eigenvalue weighted by Gasteiger charge is -2.02. The Morgan fingerprint density at radius 3 is 2.76 bits per heavy atom. The predicted octanol–water partition coefficient (Wildman–Crippen LogP) is 2.11. The van der Waals surface area contributed by atoms with Gasteiger partial charge in [-0.2, -0.15) is 0 Å². The number of nitrogens with zero attached hydrogens (tertiary/aromatic N) is 2. The second-order valence-corrected chi connectivity index (χ2v) is 4.22. The topological polar surface area (TPSA) is 68.0 Å². The van der Waals surface area contributed by atoms with Crippen LogP contribution in [0.2, 0.25) is 0 Å². The number of aromatic nitrogens is 2. The van der Waals surface area contributed by atoms with Gasteiger partial charge in [-0.15, -0.1) is 10.2 Å². The molecule has 0 spiro atoms. The van der Waals surface area contributed by atoms with Gasteiger partial charge in [-0.25, -0.2) is 0 Å². The zero-order valence-electron chi connectivity index (χ0n) is 9.21. The van der Waals surface area contributed by atoms with Crippen LogP contribution in [0.1, 0.15) is 5.89 Å². The molecule has 1 aromatic heterocycles. The molecule has 1 amide bonds. The van der Waals surface area contributed by atoms with E-state index in [2.05, 4.69) is 15.5 Å². The highest BCUT2D eigenvalue weighted by molar-refractivity contribution is 7.99. The van der Waals surface area contributed by atoms with Gasteiger partial charge in [-0.3, -0.25) is 4.79 Å². The molecule has 0 bridgehead atoms. The van der Waals surface area contributed by atoms with E-state index in [1.54, 1.807) is 6.92 Å². The Morgan fingerprint density at radius 2 is 2.12 bits per heavy atom. The maximum Gasteiger partial charge on any atom is 0.277 e. The van der Waals surface area contributed by atoms with Crippen LogP contribution in [0.15, 0.2) is 40.0 Å². The number of anilines is 1. The Kier molecular flexibility index (Phi) is 3.77. The second-order valence-electron chi connectivity index (χ2n) is 3.29. The molecular weight excluding hydrogens is 238 g/mol. The summed E-state index contributed by atoms with van der Waals surface area (Å²) in [5, 5.41) is 10.6. The number of aryl methyl sites for hydroxylation is 1. The van der Waals surface area contributed by atoms with Gasteiger partial charge in [-0.05, 0) is 12.1 Å². The lowest BCUT2D eigenvalue weighted by atomic mass is 10.3. The minimum Gasteiger partial charge on any atom is -0.416 e. The van der Waals surface area contributed by atoms with E-state index in [4.69, 9.17) is 4.42 Å². The molecule has 0 aliphatic rings. The molecule has 0 atom stereocenters. The number of hydrogen-bond acceptors (Lipinski definition) is 5. The summed E-state index contributed by atoms with van der Waals surface area (Å²) in [5.74, 6) is 0.643. The van der Waals surface area contributed by atoms with Gasteiger partial charge in [0.1, 0.15) is 0 Å². The Hall–Kier alpha value is -1.82. The van der Waals surface area contributed by atoms with Gasteiger partial charge >= 0.3 is 0 Å². The number of hydrogen-bond donors (Lipinski definition) is 1. The molecule has 1 heterocycles. The van der Waals surface area contributed by atoms with Crippen LogP contribution in [-0.4, -0.2) is 21.9 Å². The van der Waals surface area contributed by atoms with Crippen molar-refractivity contribution >= 4 is 23.4 Å². The van der Waals surface area contributed by atoms with Crippen molar-refractivity contribution in [3.05, 3.63) is 36.2 Å². The quantitative estimate of drug-likeness (QED) is 0.840. The first kappa shape index (κ1) is 11.7. The molecular formula is C11H11N3O2S. The molecule has 17 heavy (non-hydrogen) atoms. The van der Waals surface area contributed by atoms with Crippen molar-refractivity contribution in [3.8, 4) is 0 Å². The normalized spacial score (nSPS) is 10.2. The van der Waals surface area contributed by atoms with Crippen LogP contribution in [-0.2, 0) is 4.79 Å². The zero-order valence-corrected chi connectivity index (χ0v) is 10.0. The minimum atomic E-state index is -0.1000. The van der Waals surface area contributed by atoms with Gasteiger partial charge in [0.15, 0.2) is 0 Å². The van der Waals surface area contributed by atoms with Crippen LogP contribution in [0.5, 0.6) is 0 Å². The number of amides is 1. The van der Waals surface area contributed by atoms with E-state index in [0.29, 0.717) is 11.1 Å². The predicted molar refractivity (Wildman–Crippen MR) is 64.8 cm³/mol. The maximum absolute atomic E-state index is 11.6. The SMILES string of the molecule is Cc1nnc(SCC(=O)Nc2ccccc2)o1. The monoisotopic (exact) mass is 249 g/mol. The maximum atomic E-state index is 11.6. The number of benzene rings is 1. The van der Waals surface area contributed by atoms with Gasteiger partial charge < -0.3 is 9.73 Å². The molecule has 88 valence electrons. The fourth-order valence-electron chi connectivity index (χ4n) is 1.18. The smallest absolute Gasteiger partial charge is 0.277 e. The fraction of sp³-hybridized carbons (Fsp3) is 0.182. The van der Waals surface area contributed by atoms with Gasteiger partial charge in [0.2, 0.25) is 11.8 Å². The Bertz CT molecular complexity index is 498. The van der Waals surface area contributed by atoms with Crippen molar-refractivity contribution in [2.75, 3.05) is 11.1 Å². The number of para-hydroxylation sites is 1. The van der Waals surface area contributed by atoms with E-state index in [1.165, 1.54) is 11.8 Å². The summed E-state index contributed by atoms with van der Waals surface area (Å²) in [7, 11) is 0. The van der Waals surface area contributed by atoms with Crippen LogP contribution in [0.25, 0.3) is 0 Å². The summed E-state index contributed by atoms with van der Waals surface area (Å²) in [4.78, 5) is 11.6. The largest absolute Gasteiger partial charge is 0.416 e. The van der Waals surface area contributed by atoms with Crippen molar-refractivity contribution in [2.45, 2.75) is 12.1 Å². The first-order valence-corrected chi connectivity index (χ1v) is 6.00. The van der Waals surface area contributed by atoms with Crippen molar-refractivity contribution in [1.29, 1.82) is 0 Å². The number of rotatable bonds is 4. The summed E-state index contributed by atoms with van der Waals surface area (Å²) in [6, 6.07) is 9.29. The fourth-order valence-corrected chi connectivity index (χ4v) is 1.79. The van der Waals surface area contributed by atoms with E-state index in [-0.39, 0.29) is 11.7 Å². The number of carbonyl (C=O) groups excluding carboxylic acids is 1. The highest BCUT2D eigenvalue weighted by atomic mass is 32.2. The Balaban J connectivity index is 1.82. The zero-order chi connectivity index (χ0) is 12.1. The molecule has 0 aliphatic heterocycles. The molecule has 1 aromatic carbocycles. The van der Waals surface area contributed by atoms with Crippen molar-refractivity contribution in [1.82, 2.24) is 10.2 Å². The van der Waals surface area contributed by atoms with Crippen molar-refractivity contribution < 1.29 is 9.21 Å². The Morgan fingerprint density at radius 1 is 1.35 bits per heavy atom. The molecule has 2 rings (SSSR count). The third-order valence-electron chi connectivity index (χ3n) is 1.89. The van der Waals surface area contributed by atoms with Crippen LogP contribution in [0, 0.1) is 6.92 Å². The average molecular weight is 249 g/mol. The van der Waals surface area contributed by atoms with E-state index < -0.39 is 0 Å². The summed E-state index contributed by atoms with van der Waals surface area (Å²) < 4.78 is 5.14. The van der Waals surface area contributed by atoms with Gasteiger partial charge in [0.25, 0.3) is 5.22 Å². The molecule has 0 radical (unpaired) electrons. The van der Waals surface area contributed by atoms with E-state index in [0.717, 1.165) is 5.69 Å². The summed E-state index contributed by atoms with van der Waals surface area (Å²) >= 11 is 1.22. The minimum absolute atomic E-state index is 0.1000. The van der Waals surface area contributed by atoms with E-state index in [1.807, 2.05) is 30.3 Å². The molecule has 5 nitrogen and oxygen atoms in total. The van der Waals surface area contributed by atoms with Crippen LogP contribution < -0.4 is 5.32 Å². The number of thioether (sulfide) groups is 1. The van der Waals surface area contributed by atoms with Crippen LogP contribution in [0.4, 0.5) is 5.69 Å². The van der Waals surface area contributed by atoms with Crippen LogP contribution in [0.3, 0.4) is 0 Å². The van der Waals surface area contributed by atoms with E-state index >= 15 is 0 Å². The standard InChI is InChI=1S/C11H11N3O2S/c1-8-13-14-11(16-8)17-7-10(15)12-9-5-3-2-4-6-9/h2-6H,7H2,1H3,(H,12,15). The summed E-state index contributed by atoms with van der Waals surface area (Å²) in [5.41, 5.74) is 0.778. The number of nitrogens with one attached hydrogen (secondary N) is 1. The molecule has 1 N–H and O–H groups in total. The molecule has 0 unspecified atom stereocenters. The summed E-state index contributed by atoms with van der Waals surface area (Å²) in [6.07, 6.45) is 0. The van der Waals surface area contributed by atoms with Gasteiger partial charge in [0.05, 0.1) is 5.75 Å². The molecule has 0 aliphatic carbocycles. The highest BCUT2D eigenvalue weighted by Crippen LogP contribution is 2.16. The van der Waals surface area contributed by atoms with Crippen molar-refractivity contribution in [2.24, 2.45) is 0 Å². The molecule has 6 heteroatoms. The molecule has 0 saturated heterocycles. The van der Waals surface area contributed by atoms with Crippen LogP contribution >= 0.6 is 11.8 Å². The first-order valence-electron chi connectivity index (χ1n) is 5.02. The van der Waals surface area contributed by atoms with E-state index in [9.17, 15) is 4.79 Å². The lowest BCUT2D eigenvalue weighted by Crippen LogP contribution is -2.13. The highest BCUT2D eigenvalue weighted by Gasteiger charge is 2.07. The van der Waals surface area contributed by atoms with Crippen molar-refractivity contribution in [3.63, 3.8) is 0 Å². The average Bonchev–Trinajstić information content (AvgIpc) is 2.74. The first-order chi connectivity index (χ1) is 8.24.